The lowest BCUT2D eigenvalue weighted by Gasteiger charge is -2.30. The summed E-state index contributed by atoms with van der Waals surface area (Å²) >= 11 is 1.97. The van der Waals surface area contributed by atoms with E-state index in [9.17, 15) is 4.79 Å². The molecule has 2 saturated carbocycles. The van der Waals surface area contributed by atoms with Crippen molar-refractivity contribution in [3.05, 3.63) is 0 Å². The van der Waals surface area contributed by atoms with Gasteiger partial charge in [0.1, 0.15) is 0 Å². The molecule has 2 rings (SSSR count). The van der Waals surface area contributed by atoms with Gasteiger partial charge in [-0.2, -0.15) is 11.8 Å². The van der Waals surface area contributed by atoms with Crippen molar-refractivity contribution >= 4 is 17.7 Å². The molecule has 0 spiro atoms. The highest BCUT2D eigenvalue weighted by atomic mass is 32.2. The molecule has 1 amide bonds. The monoisotopic (exact) mass is 284 g/mol. The van der Waals surface area contributed by atoms with Crippen LogP contribution in [0.2, 0.25) is 0 Å². The molecule has 2 unspecified atom stereocenters. The first-order valence-corrected chi connectivity index (χ1v) is 9.08. The SMILES string of the molecule is CSC1CCC(NC(=O)C2CCCCCC2N)CC1. The van der Waals surface area contributed by atoms with E-state index in [0.29, 0.717) is 6.04 Å². The minimum absolute atomic E-state index is 0.0563. The van der Waals surface area contributed by atoms with Gasteiger partial charge >= 0.3 is 0 Å². The summed E-state index contributed by atoms with van der Waals surface area (Å²) in [7, 11) is 0. The first-order valence-electron chi connectivity index (χ1n) is 7.79. The minimum Gasteiger partial charge on any atom is -0.353 e. The zero-order valence-electron chi connectivity index (χ0n) is 12.1. The summed E-state index contributed by atoms with van der Waals surface area (Å²) in [4.78, 5) is 12.4. The Morgan fingerprint density at radius 2 is 1.74 bits per heavy atom. The van der Waals surface area contributed by atoms with Crippen molar-refractivity contribution in [1.29, 1.82) is 0 Å². The molecule has 19 heavy (non-hydrogen) atoms. The summed E-state index contributed by atoms with van der Waals surface area (Å²) in [5, 5.41) is 4.06. The van der Waals surface area contributed by atoms with Crippen molar-refractivity contribution in [2.45, 2.75) is 75.1 Å². The van der Waals surface area contributed by atoms with Gasteiger partial charge in [-0.3, -0.25) is 4.79 Å². The van der Waals surface area contributed by atoms with Crippen LogP contribution in [0.3, 0.4) is 0 Å². The molecule has 0 saturated heterocycles. The summed E-state index contributed by atoms with van der Waals surface area (Å²) in [6, 6.07) is 0.469. The van der Waals surface area contributed by atoms with Crippen LogP contribution in [-0.4, -0.2) is 29.5 Å². The fraction of sp³-hybridized carbons (Fsp3) is 0.933. The summed E-state index contributed by atoms with van der Waals surface area (Å²) < 4.78 is 0. The Morgan fingerprint density at radius 3 is 2.42 bits per heavy atom. The number of hydrogen-bond donors (Lipinski definition) is 2. The molecule has 0 aromatic carbocycles. The molecule has 3 N–H and O–H groups in total. The number of nitrogens with one attached hydrogen (secondary N) is 1. The van der Waals surface area contributed by atoms with E-state index in [4.69, 9.17) is 5.73 Å². The zero-order valence-corrected chi connectivity index (χ0v) is 12.9. The second-order valence-electron chi connectivity index (χ2n) is 6.13. The highest BCUT2D eigenvalue weighted by Crippen LogP contribution is 2.28. The van der Waals surface area contributed by atoms with Crippen LogP contribution < -0.4 is 11.1 Å². The predicted molar refractivity (Wildman–Crippen MR) is 82.3 cm³/mol. The van der Waals surface area contributed by atoms with Crippen LogP contribution in [0, 0.1) is 5.92 Å². The lowest BCUT2D eigenvalue weighted by Crippen LogP contribution is -2.46. The first-order chi connectivity index (χ1) is 9.20. The molecule has 0 aromatic heterocycles. The average molecular weight is 284 g/mol. The third-order valence-electron chi connectivity index (χ3n) is 4.76. The van der Waals surface area contributed by atoms with Gasteiger partial charge in [0.05, 0.1) is 5.92 Å². The summed E-state index contributed by atoms with van der Waals surface area (Å²) in [6.07, 6.45) is 12.5. The van der Waals surface area contributed by atoms with E-state index in [1.54, 1.807) is 0 Å². The summed E-state index contributed by atoms with van der Waals surface area (Å²) in [5.41, 5.74) is 6.16. The maximum atomic E-state index is 12.4. The summed E-state index contributed by atoms with van der Waals surface area (Å²) in [6.45, 7) is 0. The molecule has 2 atom stereocenters. The van der Waals surface area contributed by atoms with Gasteiger partial charge in [-0.25, -0.2) is 0 Å². The van der Waals surface area contributed by atoms with Crippen molar-refractivity contribution in [3.63, 3.8) is 0 Å². The van der Waals surface area contributed by atoms with Gasteiger partial charge in [0.2, 0.25) is 5.91 Å². The molecule has 0 aliphatic heterocycles. The molecule has 0 bridgehead atoms. The number of carbonyl (C=O) groups excluding carboxylic acids is 1. The van der Waals surface area contributed by atoms with Gasteiger partial charge in [-0.05, 0) is 44.8 Å². The molecule has 0 radical (unpaired) electrons. The van der Waals surface area contributed by atoms with E-state index >= 15 is 0 Å². The molecule has 2 fully saturated rings. The summed E-state index contributed by atoms with van der Waals surface area (Å²) in [5.74, 6) is 0.280. The fourth-order valence-electron chi connectivity index (χ4n) is 3.41. The van der Waals surface area contributed by atoms with Gasteiger partial charge in [0, 0.05) is 17.3 Å². The Morgan fingerprint density at radius 1 is 1.05 bits per heavy atom. The number of amides is 1. The van der Waals surface area contributed by atoms with E-state index in [-0.39, 0.29) is 17.9 Å². The van der Waals surface area contributed by atoms with E-state index in [1.807, 2.05) is 11.8 Å². The van der Waals surface area contributed by atoms with E-state index < -0.39 is 0 Å². The van der Waals surface area contributed by atoms with Crippen molar-refractivity contribution in [2.75, 3.05) is 6.26 Å². The minimum atomic E-state index is 0.0563. The van der Waals surface area contributed by atoms with Crippen molar-refractivity contribution in [1.82, 2.24) is 5.32 Å². The Bertz CT molecular complexity index is 290. The first kappa shape index (κ1) is 15.2. The lowest BCUT2D eigenvalue weighted by molar-refractivity contribution is -0.126. The van der Waals surface area contributed by atoms with Gasteiger partial charge < -0.3 is 11.1 Å². The van der Waals surface area contributed by atoms with E-state index in [2.05, 4.69) is 11.6 Å². The normalized spacial score (nSPS) is 36.5. The molecule has 110 valence electrons. The second-order valence-corrected chi connectivity index (χ2v) is 7.26. The average Bonchev–Trinajstić information content (AvgIpc) is 2.64. The molecule has 2 aliphatic rings. The molecule has 3 nitrogen and oxygen atoms in total. The van der Waals surface area contributed by atoms with Crippen LogP contribution in [0.1, 0.15) is 57.8 Å². The maximum Gasteiger partial charge on any atom is 0.224 e. The third-order valence-corrected chi connectivity index (χ3v) is 5.90. The van der Waals surface area contributed by atoms with E-state index in [0.717, 1.165) is 37.4 Å². The third kappa shape index (κ3) is 4.38. The maximum absolute atomic E-state index is 12.4. The number of thioether (sulfide) groups is 1. The molecular weight excluding hydrogens is 256 g/mol. The highest BCUT2D eigenvalue weighted by Gasteiger charge is 2.29. The second kappa shape index (κ2) is 7.53. The predicted octanol–water partition coefficient (Wildman–Crippen LogP) is 2.68. The number of rotatable bonds is 3. The van der Waals surface area contributed by atoms with Gasteiger partial charge in [0.15, 0.2) is 0 Å². The Labute approximate surface area is 121 Å². The van der Waals surface area contributed by atoms with Crippen LogP contribution >= 0.6 is 11.8 Å². The van der Waals surface area contributed by atoms with Gasteiger partial charge in [-0.1, -0.05) is 19.3 Å². The Kier molecular flexibility index (Phi) is 6.02. The molecule has 0 aromatic rings. The quantitative estimate of drug-likeness (QED) is 0.783. The van der Waals surface area contributed by atoms with Crippen LogP contribution in [0.15, 0.2) is 0 Å². The molecule has 4 heteroatoms. The number of nitrogens with two attached hydrogens (primary N) is 1. The Hall–Kier alpha value is -0.220. The van der Waals surface area contributed by atoms with Crippen molar-refractivity contribution in [3.8, 4) is 0 Å². The molecule has 2 aliphatic carbocycles. The van der Waals surface area contributed by atoms with Gasteiger partial charge in [0.25, 0.3) is 0 Å². The van der Waals surface area contributed by atoms with Crippen LogP contribution in [0.5, 0.6) is 0 Å². The topological polar surface area (TPSA) is 55.1 Å². The van der Waals surface area contributed by atoms with Crippen LogP contribution in [-0.2, 0) is 4.79 Å². The number of carbonyl (C=O) groups is 1. The van der Waals surface area contributed by atoms with Crippen molar-refractivity contribution < 1.29 is 4.79 Å². The molecule has 0 heterocycles. The van der Waals surface area contributed by atoms with Gasteiger partial charge in [-0.15, -0.1) is 0 Å². The molecular formula is C15H28N2OS. The van der Waals surface area contributed by atoms with Crippen LogP contribution in [0.4, 0.5) is 0 Å². The zero-order chi connectivity index (χ0) is 13.7. The largest absolute Gasteiger partial charge is 0.353 e. The van der Waals surface area contributed by atoms with E-state index in [1.165, 1.54) is 25.7 Å². The smallest absolute Gasteiger partial charge is 0.224 e. The standard InChI is InChI=1S/C15H28N2OS/c1-19-12-9-7-11(8-10-12)17-15(18)13-5-3-2-4-6-14(13)16/h11-14H,2-10,16H2,1H3,(H,17,18). The lowest BCUT2D eigenvalue weighted by atomic mass is 9.91. The highest BCUT2D eigenvalue weighted by molar-refractivity contribution is 7.99. The fourth-order valence-corrected chi connectivity index (χ4v) is 4.16. The van der Waals surface area contributed by atoms with Crippen LogP contribution in [0.25, 0.3) is 0 Å². The number of hydrogen-bond acceptors (Lipinski definition) is 3. The van der Waals surface area contributed by atoms with Crippen molar-refractivity contribution in [2.24, 2.45) is 11.7 Å². The Balaban J connectivity index is 1.80.